The molecule has 13 heavy (non-hydrogen) atoms. The van der Waals surface area contributed by atoms with E-state index in [2.05, 4.69) is 13.8 Å². The number of ketones is 1. The first kappa shape index (κ1) is 9.51. The Balaban J connectivity index is 2.21. The van der Waals surface area contributed by atoms with Gasteiger partial charge in [0.15, 0.2) is 0 Å². The predicted molar refractivity (Wildman–Crippen MR) is 53.8 cm³/mol. The van der Waals surface area contributed by atoms with E-state index in [-0.39, 0.29) is 16.7 Å². The number of carbonyl (C=O) groups excluding carboxylic acids is 1. The Morgan fingerprint density at radius 3 is 2.54 bits per heavy atom. The summed E-state index contributed by atoms with van der Waals surface area (Å²) in [5.74, 6) is 1.73. The van der Waals surface area contributed by atoms with E-state index in [1.54, 1.807) is 0 Å². The molecule has 3 saturated carbocycles. The van der Waals surface area contributed by atoms with Gasteiger partial charge in [0.05, 0.1) is 5.38 Å². The Kier molecular flexibility index (Phi) is 1.99. The maximum absolute atomic E-state index is 11.8. The third-order valence-electron chi connectivity index (χ3n) is 4.10. The molecule has 0 heterocycles. The minimum Gasteiger partial charge on any atom is -0.299 e. The number of rotatable bonds is 1. The lowest BCUT2D eigenvalue weighted by Crippen LogP contribution is -2.64. The monoisotopic (exact) mass is 200 g/mol. The van der Waals surface area contributed by atoms with Crippen molar-refractivity contribution < 1.29 is 4.79 Å². The van der Waals surface area contributed by atoms with E-state index >= 15 is 0 Å². The number of hydrogen-bond acceptors (Lipinski definition) is 1. The summed E-state index contributed by atoms with van der Waals surface area (Å²) in [6.45, 7) is 6.42. The van der Waals surface area contributed by atoms with Crippen molar-refractivity contribution in [3.63, 3.8) is 0 Å². The molecule has 0 aromatic rings. The zero-order valence-electron chi connectivity index (χ0n) is 8.51. The van der Waals surface area contributed by atoms with Gasteiger partial charge in [-0.1, -0.05) is 20.8 Å². The molecule has 0 amide bonds. The molecule has 3 fully saturated rings. The molecule has 0 N–H and O–H groups in total. The van der Waals surface area contributed by atoms with Crippen molar-refractivity contribution >= 4 is 17.4 Å². The molecule has 0 saturated heterocycles. The van der Waals surface area contributed by atoms with Gasteiger partial charge >= 0.3 is 0 Å². The van der Waals surface area contributed by atoms with E-state index in [4.69, 9.17) is 11.6 Å². The summed E-state index contributed by atoms with van der Waals surface area (Å²) in [7, 11) is 0. The SMILES string of the molecule is CC(C)[C@@H]1CC[C@]2(C)C(=O)[C@H]1C2Cl. The van der Waals surface area contributed by atoms with Gasteiger partial charge in [-0.05, 0) is 24.7 Å². The summed E-state index contributed by atoms with van der Waals surface area (Å²) in [5.41, 5.74) is -0.169. The Bertz CT molecular complexity index is 248. The van der Waals surface area contributed by atoms with Gasteiger partial charge in [-0.15, -0.1) is 11.6 Å². The minimum absolute atomic E-state index is 0.112. The Hall–Kier alpha value is -0.0400. The molecule has 2 bridgehead atoms. The van der Waals surface area contributed by atoms with Crippen LogP contribution in [0.1, 0.15) is 33.6 Å². The predicted octanol–water partition coefficient (Wildman–Crippen LogP) is 2.87. The maximum atomic E-state index is 11.8. The largest absolute Gasteiger partial charge is 0.299 e. The van der Waals surface area contributed by atoms with Crippen LogP contribution >= 0.6 is 11.6 Å². The highest BCUT2D eigenvalue weighted by atomic mass is 35.5. The standard InChI is InChI=1S/C11H17ClO/c1-6(2)7-4-5-11(3)9(12)8(7)10(11)13/h6-9H,4-5H2,1-3H3/t7-,8+,9?,11-/m0/s1. The topological polar surface area (TPSA) is 17.1 Å². The van der Waals surface area contributed by atoms with Crippen molar-refractivity contribution in [3.05, 3.63) is 0 Å². The summed E-state index contributed by atoms with van der Waals surface area (Å²) in [6.07, 6.45) is 2.19. The van der Waals surface area contributed by atoms with E-state index in [0.717, 1.165) is 6.42 Å². The molecule has 0 aromatic heterocycles. The molecule has 74 valence electrons. The fourth-order valence-corrected chi connectivity index (χ4v) is 3.53. The van der Waals surface area contributed by atoms with Crippen LogP contribution in [0.5, 0.6) is 0 Å². The molecule has 0 radical (unpaired) electrons. The van der Waals surface area contributed by atoms with E-state index in [0.29, 0.717) is 17.6 Å². The molecular formula is C11H17ClO. The molecule has 0 aromatic carbocycles. The first-order valence-corrected chi connectivity index (χ1v) is 5.60. The van der Waals surface area contributed by atoms with Gasteiger partial charge in [-0.2, -0.15) is 0 Å². The van der Waals surface area contributed by atoms with Crippen molar-refractivity contribution in [2.24, 2.45) is 23.2 Å². The summed E-state index contributed by atoms with van der Waals surface area (Å²) in [6, 6.07) is 0. The van der Waals surface area contributed by atoms with Gasteiger partial charge in [0.2, 0.25) is 0 Å². The second-order valence-corrected chi connectivity index (χ2v) is 5.63. The van der Waals surface area contributed by atoms with Crippen molar-refractivity contribution in [2.75, 3.05) is 0 Å². The van der Waals surface area contributed by atoms with Crippen LogP contribution in [0.4, 0.5) is 0 Å². The second kappa shape index (κ2) is 2.73. The minimum atomic E-state index is -0.169. The molecule has 3 rings (SSSR count). The highest BCUT2D eigenvalue weighted by Crippen LogP contribution is 2.58. The summed E-state index contributed by atoms with van der Waals surface area (Å²) < 4.78 is 0. The number of alkyl halides is 1. The van der Waals surface area contributed by atoms with Crippen LogP contribution in [0, 0.1) is 23.2 Å². The van der Waals surface area contributed by atoms with Gasteiger partial charge in [0.25, 0.3) is 0 Å². The molecule has 1 nitrogen and oxygen atoms in total. The quantitative estimate of drug-likeness (QED) is 0.595. The van der Waals surface area contributed by atoms with Crippen molar-refractivity contribution in [2.45, 2.75) is 39.0 Å². The van der Waals surface area contributed by atoms with E-state index < -0.39 is 0 Å². The van der Waals surface area contributed by atoms with Crippen LogP contribution in [-0.2, 0) is 4.79 Å². The average molecular weight is 201 g/mol. The third-order valence-corrected chi connectivity index (χ3v) is 4.86. The number of halogens is 1. The highest BCUT2D eigenvalue weighted by molar-refractivity contribution is 6.28. The number of Topliss-reactive ketones (excluding diaryl/α,β-unsaturated/α-hetero) is 1. The van der Waals surface area contributed by atoms with Crippen molar-refractivity contribution in [3.8, 4) is 0 Å². The van der Waals surface area contributed by atoms with Crippen LogP contribution in [0.25, 0.3) is 0 Å². The van der Waals surface area contributed by atoms with Crippen LogP contribution in [0.15, 0.2) is 0 Å². The van der Waals surface area contributed by atoms with Gasteiger partial charge in [0, 0.05) is 11.3 Å². The molecule has 4 atom stereocenters. The maximum Gasteiger partial charge on any atom is 0.145 e. The number of hydrogen-bond donors (Lipinski definition) is 0. The van der Waals surface area contributed by atoms with Gasteiger partial charge in [0.1, 0.15) is 5.78 Å². The van der Waals surface area contributed by atoms with E-state index in [9.17, 15) is 4.79 Å². The summed E-state index contributed by atoms with van der Waals surface area (Å²) in [4.78, 5) is 11.8. The Morgan fingerprint density at radius 2 is 2.15 bits per heavy atom. The molecular weight excluding hydrogens is 184 g/mol. The van der Waals surface area contributed by atoms with Gasteiger partial charge in [-0.25, -0.2) is 0 Å². The Morgan fingerprint density at radius 1 is 1.54 bits per heavy atom. The van der Waals surface area contributed by atoms with E-state index in [1.807, 2.05) is 6.92 Å². The van der Waals surface area contributed by atoms with Crippen molar-refractivity contribution in [1.82, 2.24) is 0 Å². The fourth-order valence-electron chi connectivity index (χ4n) is 3.02. The molecule has 2 heteroatoms. The lowest BCUT2D eigenvalue weighted by atomic mass is 9.48. The van der Waals surface area contributed by atoms with E-state index in [1.165, 1.54) is 6.42 Å². The second-order valence-electron chi connectivity index (χ2n) is 5.16. The molecule has 0 aliphatic heterocycles. The molecule has 1 unspecified atom stereocenters. The molecule has 3 aliphatic rings. The van der Waals surface area contributed by atoms with Gasteiger partial charge in [-0.3, -0.25) is 4.79 Å². The first-order chi connectivity index (χ1) is 5.98. The van der Waals surface area contributed by atoms with Crippen LogP contribution in [0.3, 0.4) is 0 Å². The normalized spacial score (nSPS) is 49.3. The smallest absolute Gasteiger partial charge is 0.145 e. The lowest BCUT2D eigenvalue weighted by molar-refractivity contribution is -0.156. The molecule has 3 aliphatic carbocycles. The average Bonchev–Trinajstić information content (AvgIpc) is 2.09. The zero-order valence-corrected chi connectivity index (χ0v) is 9.27. The lowest BCUT2D eigenvalue weighted by Gasteiger charge is -2.57. The third kappa shape index (κ3) is 1.03. The zero-order chi connectivity index (χ0) is 9.80. The Labute approximate surface area is 84.8 Å². The fraction of sp³-hybridized carbons (Fsp3) is 0.909. The van der Waals surface area contributed by atoms with Crippen LogP contribution in [-0.4, -0.2) is 11.2 Å². The summed E-state index contributed by atoms with van der Waals surface area (Å²) >= 11 is 6.27. The summed E-state index contributed by atoms with van der Waals surface area (Å²) in [5, 5.41) is 0.112. The van der Waals surface area contributed by atoms with Crippen molar-refractivity contribution in [1.29, 1.82) is 0 Å². The number of carbonyl (C=O) groups is 1. The highest BCUT2D eigenvalue weighted by Gasteiger charge is 2.63. The molecule has 0 spiro atoms. The van der Waals surface area contributed by atoms with Crippen LogP contribution < -0.4 is 0 Å². The number of fused-ring (bicyclic) bond motifs is 2. The van der Waals surface area contributed by atoms with Crippen LogP contribution in [0.2, 0.25) is 0 Å². The van der Waals surface area contributed by atoms with Gasteiger partial charge < -0.3 is 0 Å². The first-order valence-electron chi connectivity index (χ1n) is 5.17.